The van der Waals surface area contributed by atoms with Crippen molar-refractivity contribution in [1.29, 1.82) is 5.26 Å². The summed E-state index contributed by atoms with van der Waals surface area (Å²) in [6.07, 6.45) is 15.7. The fourth-order valence-electron chi connectivity index (χ4n) is 5.49. The van der Waals surface area contributed by atoms with E-state index in [2.05, 4.69) is 25.1 Å². The summed E-state index contributed by atoms with van der Waals surface area (Å²) in [5.74, 6) is 1.69. The first-order valence-corrected chi connectivity index (χ1v) is 9.77. The van der Waals surface area contributed by atoms with Gasteiger partial charge in [-0.25, -0.2) is 0 Å². The summed E-state index contributed by atoms with van der Waals surface area (Å²) < 4.78 is 0. The highest BCUT2D eigenvalue weighted by atomic mass is 14.5. The van der Waals surface area contributed by atoms with Crippen LogP contribution in [-0.2, 0) is 0 Å². The molecule has 0 atom stereocenters. The minimum absolute atomic E-state index is 0.683. The predicted octanol–water partition coefficient (Wildman–Crippen LogP) is 6.58. The highest BCUT2D eigenvalue weighted by molar-refractivity contribution is 5.33. The second-order valence-corrected chi connectivity index (χ2v) is 7.96. The largest absolute Gasteiger partial charge is 0.192 e. The molecule has 3 rings (SSSR count). The first-order valence-electron chi connectivity index (χ1n) is 9.77. The standard InChI is InChI=1S/C22H31N/c1-2-14-22(15-4-3-5-16-22)21-12-10-20(11-13-21)19-8-6-18(17-23)7-9-19/h6-9,20-21H,2-5,10-16H2,1H3. The monoisotopic (exact) mass is 309 g/mol. The lowest BCUT2D eigenvalue weighted by Crippen LogP contribution is -2.35. The number of benzene rings is 1. The van der Waals surface area contributed by atoms with E-state index in [-0.39, 0.29) is 0 Å². The summed E-state index contributed by atoms with van der Waals surface area (Å²) in [5.41, 5.74) is 2.92. The average molecular weight is 309 g/mol. The zero-order valence-electron chi connectivity index (χ0n) is 14.7. The van der Waals surface area contributed by atoms with Crippen LogP contribution in [0.25, 0.3) is 0 Å². The molecule has 0 unspecified atom stereocenters. The van der Waals surface area contributed by atoms with Crippen molar-refractivity contribution in [2.75, 3.05) is 0 Å². The minimum Gasteiger partial charge on any atom is -0.192 e. The third-order valence-corrected chi connectivity index (χ3v) is 6.70. The molecule has 124 valence electrons. The molecule has 2 aliphatic carbocycles. The summed E-state index contributed by atoms with van der Waals surface area (Å²) in [4.78, 5) is 0. The molecule has 0 saturated heterocycles. The predicted molar refractivity (Wildman–Crippen MR) is 96.3 cm³/mol. The van der Waals surface area contributed by atoms with Crippen molar-refractivity contribution in [3.8, 4) is 6.07 Å². The zero-order chi connectivity index (χ0) is 16.1. The number of hydrogen-bond acceptors (Lipinski definition) is 1. The molecule has 0 N–H and O–H groups in total. The van der Waals surface area contributed by atoms with Gasteiger partial charge in [-0.05, 0) is 79.9 Å². The fourth-order valence-corrected chi connectivity index (χ4v) is 5.49. The van der Waals surface area contributed by atoms with Crippen LogP contribution in [-0.4, -0.2) is 0 Å². The Balaban J connectivity index is 1.63. The van der Waals surface area contributed by atoms with Crippen molar-refractivity contribution in [2.24, 2.45) is 11.3 Å². The van der Waals surface area contributed by atoms with Crippen molar-refractivity contribution in [2.45, 2.75) is 83.5 Å². The van der Waals surface area contributed by atoms with Crippen molar-refractivity contribution >= 4 is 0 Å². The van der Waals surface area contributed by atoms with Crippen LogP contribution < -0.4 is 0 Å². The van der Waals surface area contributed by atoms with Gasteiger partial charge in [-0.3, -0.25) is 0 Å². The van der Waals surface area contributed by atoms with E-state index >= 15 is 0 Å². The quantitative estimate of drug-likeness (QED) is 0.616. The molecule has 1 nitrogen and oxygen atoms in total. The van der Waals surface area contributed by atoms with Crippen molar-refractivity contribution in [3.63, 3.8) is 0 Å². The Morgan fingerprint density at radius 1 is 1.00 bits per heavy atom. The van der Waals surface area contributed by atoms with Gasteiger partial charge in [0.2, 0.25) is 0 Å². The Morgan fingerprint density at radius 3 is 2.22 bits per heavy atom. The van der Waals surface area contributed by atoms with Gasteiger partial charge in [-0.15, -0.1) is 0 Å². The Bertz CT molecular complexity index is 517. The lowest BCUT2D eigenvalue weighted by Gasteiger charge is -2.47. The average Bonchev–Trinajstić information content (AvgIpc) is 2.63. The van der Waals surface area contributed by atoms with E-state index in [1.165, 1.54) is 76.2 Å². The van der Waals surface area contributed by atoms with E-state index in [0.717, 1.165) is 17.4 Å². The van der Waals surface area contributed by atoms with Gasteiger partial charge >= 0.3 is 0 Å². The van der Waals surface area contributed by atoms with E-state index in [1.54, 1.807) is 0 Å². The number of nitrogens with zero attached hydrogens (tertiary/aromatic N) is 1. The molecule has 1 aromatic carbocycles. The molecule has 2 saturated carbocycles. The summed E-state index contributed by atoms with van der Waals surface area (Å²) in [6, 6.07) is 10.6. The third-order valence-electron chi connectivity index (χ3n) is 6.70. The van der Waals surface area contributed by atoms with Crippen LogP contribution in [0.1, 0.15) is 94.6 Å². The molecular formula is C22H31N. The molecular weight excluding hydrogens is 278 g/mol. The molecule has 0 spiro atoms. The lowest BCUT2D eigenvalue weighted by molar-refractivity contribution is 0.0527. The van der Waals surface area contributed by atoms with Crippen LogP contribution in [0.3, 0.4) is 0 Å². The van der Waals surface area contributed by atoms with Gasteiger partial charge in [0.25, 0.3) is 0 Å². The van der Waals surface area contributed by atoms with Crippen LogP contribution in [0.5, 0.6) is 0 Å². The van der Waals surface area contributed by atoms with Crippen LogP contribution in [0.2, 0.25) is 0 Å². The Kier molecular flexibility index (Phi) is 5.42. The van der Waals surface area contributed by atoms with Crippen LogP contribution >= 0.6 is 0 Å². The SMILES string of the molecule is CCCC1(C2CCC(c3ccc(C#N)cc3)CC2)CCCCC1. The maximum absolute atomic E-state index is 8.95. The van der Waals surface area contributed by atoms with E-state index in [1.807, 2.05) is 12.1 Å². The molecule has 23 heavy (non-hydrogen) atoms. The lowest BCUT2D eigenvalue weighted by atomic mass is 9.58. The molecule has 0 radical (unpaired) electrons. The molecule has 0 aliphatic heterocycles. The van der Waals surface area contributed by atoms with Crippen LogP contribution in [0.4, 0.5) is 0 Å². The van der Waals surface area contributed by atoms with Gasteiger partial charge in [-0.1, -0.05) is 44.7 Å². The maximum Gasteiger partial charge on any atom is 0.0991 e. The van der Waals surface area contributed by atoms with Crippen molar-refractivity contribution in [1.82, 2.24) is 0 Å². The zero-order valence-corrected chi connectivity index (χ0v) is 14.7. The highest BCUT2D eigenvalue weighted by Crippen LogP contribution is 2.52. The molecule has 2 aliphatic rings. The summed E-state index contributed by atoms with van der Waals surface area (Å²) >= 11 is 0. The normalized spacial score (nSPS) is 27.3. The first-order chi connectivity index (χ1) is 11.3. The van der Waals surface area contributed by atoms with Gasteiger partial charge in [-0.2, -0.15) is 5.26 Å². The Morgan fingerprint density at radius 2 is 1.65 bits per heavy atom. The van der Waals surface area contributed by atoms with Crippen LogP contribution in [0, 0.1) is 22.7 Å². The summed E-state index contributed by atoms with van der Waals surface area (Å²) in [6.45, 7) is 2.37. The highest BCUT2D eigenvalue weighted by Gasteiger charge is 2.40. The smallest absolute Gasteiger partial charge is 0.0991 e. The third kappa shape index (κ3) is 3.63. The van der Waals surface area contributed by atoms with Gasteiger partial charge < -0.3 is 0 Å². The van der Waals surface area contributed by atoms with Gasteiger partial charge in [0.1, 0.15) is 0 Å². The van der Waals surface area contributed by atoms with E-state index < -0.39 is 0 Å². The Labute approximate surface area is 142 Å². The topological polar surface area (TPSA) is 23.8 Å². The Hall–Kier alpha value is -1.29. The van der Waals surface area contributed by atoms with E-state index in [4.69, 9.17) is 5.26 Å². The van der Waals surface area contributed by atoms with E-state index in [9.17, 15) is 0 Å². The van der Waals surface area contributed by atoms with Crippen molar-refractivity contribution < 1.29 is 0 Å². The van der Waals surface area contributed by atoms with E-state index in [0.29, 0.717) is 5.41 Å². The fraction of sp³-hybridized carbons (Fsp3) is 0.682. The minimum atomic E-state index is 0.683. The maximum atomic E-state index is 8.95. The summed E-state index contributed by atoms with van der Waals surface area (Å²) in [7, 11) is 0. The molecule has 0 aromatic heterocycles. The van der Waals surface area contributed by atoms with Gasteiger partial charge in [0.15, 0.2) is 0 Å². The first kappa shape index (κ1) is 16.6. The van der Waals surface area contributed by atoms with Crippen LogP contribution in [0.15, 0.2) is 24.3 Å². The van der Waals surface area contributed by atoms with Crippen molar-refractivity contribution in [3.05, 3.63) is 35.4 Å². The summed E-state index contributed by atoms with van der Waals surface area (Å²) in [5, 5.41) is 8.95. The molecule has 2 fully saturated rings. The molecule has 0 heterocycles. The molecule has 1 heteroatoms. The second kappa shape index (κ2) is 7.52. The number of rotatable bonds is 4. The van der Waals surface area contributed by atoms with Gasteiger partial charge in [0.05, 0.1) is 11.6 Å². The second-order valence-electron chi connectivity index (χ2n) is 7.96. The number of hydrogen-bond donors (Lipinski definition) is 0. The van der Waals surface area contributed by atoms with Gasteiger partial charge in [0, 0.05) is 0 Å². The molecule has 0 amide bonds. The molecule has 0 bridgehead atoms. The number of nitriles is 1. The molecule has 1 aromatic rings.